The Bertz CT molecular complexity index is 570. The molecule has 0 atom stereocenters. The Balaban J connectivity index is 2.13. The zero-order valence-corrected chi connectivity index (χ0v) is 14.3. The van der Waals surface area contributed by atoms with Crippen molar-refractivity contribution in [1.29, 1.82) is 0 Å². The smallest absolute Gasteiger partial charge is 0.150 e. The van der Waals surface area contributed by atoms with Crippen LogP contribution in [0.25, 0.3) is 0 Å². The van der Waals surface area contributed by atoms with E-state index in [-0.39, 0.29) is 0 Å². The van der Waals surface area contributed by atoms with Crippen LogP contribution in [0.4, 0.5) is 0 Å². The van der Waals surface area contributed by atoms with Crippen molar-refractivity contribution < 1.29 is 9.53 Å². The number of benzene rings is 1. The van der Waals surface area contributed by atoms with Crippen LogP contribution in [0.3, 0.4) is 0 Å². The average molecular weight is 404 g/mol. The van der Waals surface area contributed by atoms with Crippen LogP contribution in [0.1, 0.15) is 27.0 Å². The lowest BCUT2D eigenvalue weighted by Gasteiger charge is -2.10. The molecule has 0 saturated carbocycles. The summed E-state index contributed by atoms with van der Waals surface area (Å²) in [4.78, 5) is 13.3. The second kappa shape index (κ2) is 6.68. The lowest BCUT2D eigenvalue weighted by atomic mass is 10.2. The molecule has 0 spiro atoms. The summed E-state index contributed by atoms with van der Waals surface area (Å²) in [6.45, 7) is 2.67. The van der Waals surface area contributed by atoms with Crippen LogP contribution in [-0.4, -0.2) is 6.29 Å². The van der Waals surface area contributed by atoms with E-state index >= 15 is 0 Å². The zero-order chi connectivity index (χ0) is 13.8. The molecule has 0 aliphatic rings. The maximum atomic E-state index is 10.8. The van der Waals surface area contributed by atoms with Gasteiger partial charge in [-0.3, -0.25) is 4.79 Å². The molecule has 0 saturated heterocycles. The van der Waals surface area contributed by atoms with Gasteiger partial charge in [0.15, 0.2) is 0 Å². The third kappa shape index (κ3) is 3.68. The minimum Gasteiger partial charge on any atom is -0.486 e. The van der Waals surface area contributed by atoms with E-state index in [0.717, 1.165) is 27.4 Å². The molecule has 100 valence electrons. The van der Waals surface area contributed by atoms with E-state index in [1.165, 1.54) is 9.75 Å². The Kier molecular flexibility index (Phi) is 5.19. The van der Waals surface area contributed by atoms with Gasteiger partial charge >= 0.3 is 0 Å². The quantitative estimate of drug-likeness (QED) is 0.639. The second-order valence-corrected chi connectivity index (χ2v) is 6.90. The normalized spacial score (nSPS) is 10.5. The number of hydrogen-bond acceptors (Lipinski definition) is 3. The molecule has 0 amide bonds. The summed E-state index contributed by atoms with van der Waals surface area (Å²) < 4.78 is 7.36. The van der Waals surface area contributed by atoms with E-state index in [9.17, 15) is 4.79 Å². The Morgan fingerprint density at radius 3 is 2.37 bits per heavy atom. The largest absolute Gasteiger partial charge is 0.486 e. The maximum absolute atomic E-state index is 10.8. The summed E-state index contributed by atoms with van der Waals surface area (Å²) in [5.74, 6) is 0.719. The van der Waals surface area contributed by atoms with Gasteiger partial charge in [0.25, 0.3) is 0 Å². The van der Waals surface area contributed by atoms with Gasteiger partial charge in [-0.25, -0.2) is 0 Å². The second-order valence-electron chi connectivity index (χ2n) is 3.94. The van der Waals surface area contributed by atoms with Gasteiger partial charge < -0.3 is 4.74 Å². The molecule has 19 heavy (non-hydrogen) atoms. The van der Waals surface area contributed by atoms with Crippen molar-refractivity contribution >= 4 is 49.5 Å². The van der Waals surface area contributed by atoms with Gasteiger partial charge in [0.1, 0.15) is 18.6 Å². The summed E-state index contributed by atoms with van der Waals surface area (Å²) in [6, 6.07) is 7.71. The molecule has 2 nitrogen and oxygen atoms in total. The highest BCUT2D eigenvalue weighted by molar-refractivity contribution is 9.11. The van der Waals surface area contributed by atoms with Crippen LogP contribution in [0, 0.1) is 0 Å². The highest BCUT2D eigenvalue weighted by Gasteiger charge is 2.09. The van der Waals surface area contributed by atoms with E-state index in [4.69, 9.17) is 4.74 Å². The molecule has 0 unspecified atom stereocenters. The highest BCUT2D eigenvalue weighted by atomic mass is 79.9. The van der Waals surface area contributed by atoms with E-state index < -0.39 is 0 Å². The first-order valence-corrected chi connectivity index (χ1v) is 8.19. The van der Waals surface area contributed by atoms with Crippen molar-refractivity contribution in [3.63, 3.8) is 0 Å². The third-order valence-corrected chi connectivity index (χ3v) is 4.96. The molecule has 1 aromatic carbocycles. The molecule has 2 rings (SSSR count). The molecule has 0 aliphatic heterocycles. The summed E-state index contributed by atoms with van der Waals surface area (Å²) in [5.41, 5.74) is 0.607. The van der Waals surface area contributed by atoms with Gasteiger partial charge in [-0.1, -0.05) is 6.92 Å². The first kappa shape index (κ1) is 14.8. The molecule has 2 aromatic rings. The van der Waals surface area contributed by atoms with Crippen molar-refractivity contribution in [2.24, 2.45) is 0 Å². The summed E-state index contributed by atoms with van der Waals surface area (Å²) in [6.07, 6.45) is 1.86. The molecule has 5 heteroatoms. The number of hydrogen-bond donors (Lipinski definition) is 0. The zero-order valence-electron chi connectivity index (χ0n) is 10.3. The van der Waals surface area contributed by atoms with Gasteiger partial charge in [0.05, 0.1) is 8.95 Å². The van der Waals surface area contributed by atoms with Crippen LogP contribution < -0.4 is 4.74 Å². The number of thiophene rings is 1. The fraction of sp³-hybridized carbons (Fsp3) is 0.214. The first-order valence-electron chi connectivity index (χ1n) is 5.78. The van der Waals surface area contributed by atoms with Crippen molar-refractivity contribution in [1.82, 2.24) is 0 Å². The Morgan fingerprint density at radius 2 is 1.84 bits per heavy atom. The van der Waals surface area contributed by atoms with E-state index in [0.29, 0.717) is 12.2 Å². The number of rotatable bonds is 5. The minimum atomic E-state index is 0.530. The number of aldehydes is 1. The van der Waals surface area contributed by atoms with Gasteiger partial charge in [0, 0.05) is 15.3 Å². The molecular formula is C14H12Br2O2S. The predicted octanol–water partition coefficient (Wildman–Crippen LogP) is 5.23. The van der Waals surface area contributed by atoms with E-state index in [2.05, 4.69) is 50.9 Å². The van der Waals surface area contributed by atoms with Gasteiger partial charge in [-0.05, 0) is 62.5 Å². The Morgan fingerprint density at radius 1 is 1.21 bits per heavy atom. The SMILES string of the molecule is CCc1ccc(COc2c(Br)cc(C=O)cc2Br)s1. The van der Waals surface area contributed by atoms with Crippen LogP contribution in [0.2, 0.25) is 0 Å². The Labute approximate surface area is 133 Å². The standard InChI is InChI=1S/C14H12Br2O2S/c1-2-10-3-4-11(19-10)8-18-14-12(15)5-9(7-17)6-13(14)16/h3-7H,2,8H2,1H3. The fourth-order valence-corrected chi connectivity index (χ4v) is 3.94. The van der Waals surface area contributed by atoms with Crippen LogP contribution >= 0.6 is 43.2 Å². The summed E-state index contributed by atoms with van der Waals surface area (Å²) in [5, 5.41) is 0. The summed E-state index contributed by atoms with van der Waals surface area (Å²) >= 11 is 8.60. The highest BCUT2D eigenvalue weighted by Crippen LogP contribution is 2.35. The molecule has 0 N–H and O–H groups in total. The van der Waals surface area contributed by atoms with Crippen molar-refractivity contribution in [2.45, 2.75) is 20.0 Å². The Hall–Kier alpha value is -0.650. The molecule has 1 heterocycles. The molecule has 0 aliphatic carbocycles. The molecule has 1 aromatic heterocycles. The van der Waals surface area contributed by atoms with Crippen LogP contribution in [0.5, 0.6) is 5.75 Å². The molecular weight excluding hydrogens is 392 g/mol. The third-order valence-electron chi connectivity index (χ3n) is 2.58. The van der Waals surface area contributed by atoms with Crippen LogP contribution in [-0.2, 0) is 13.0 Å². The molecule has 0 fully saturated rings. The maximum Gasteiger partial charge on any atom is 0.150 e. The number of ether oxygens (including phenoxy) is 1. The number of carbonyl (C=O) groups is 1. The van der Waals surface area contributed by atoms with Gasteiger partial charge in [0.2, 0.25) is 0 Å². The fourth-order valence-electron chi connectivity index (χ4n) is 1.62. The minimum absolute atomic E-state index is 0.530. The van der Waals surface area contributed by atoms with E-state index in [1.54, 1.807) is 23.5 Å². The number of halogens is 2. The van der Waals surface area contributed by atoms with Crippen molar-refractivity contribution in [2.75, 3.05) is 0 Å². The van der Waals surface area contributed by atoms with Crippen molar-refractivity contribution in [3.8, 4) is 5.75 Å². The first-order chi connectivity index (χ1) is 9.13. The lowest BCUT2D eigenvalue weighted by Crippen LogP contribution is -1.95. The molecule has 0 bridgehead atoms. The topological polar surface area (TPSA) is 26.3 Å². The van der Waals surface area contributed by atoms with Gasteiger partial charge in [-0.15, -0.1) is 11.3 Å². The molecule has 0 radical (unpaired) electrons. The van der Waals surface area contributed by atoms with Gasteiger partial charge in [-0.2, -0.15) is 0 Å². The van der Waals surface area contributed by atoms with E-state index in [1.807, 2.05) is 0 Å². The average Bonchev–Trinajstić information content (AvgIpc) is 2.85. The predicted molar refractivity (Wildman–Crippen MR) is 85.3 cm³/mol. The summed E-state index contributed by atoms with van der Waals surface area (Å²) in [7, 11) is 0. The lowest BCUT2D eigenvalue weighted by molar-refractivity contribution is 0.112. The van der Waals surface area contributed by atoms with Crippen molar-refractivity contribution in [3.05, 3.63) is 48.5 Å². The monoisotopic (exact) mass is 402 g/mol. The number of aryl methyl sites for hydroxylation is 1. The van der Waals surface area contributed by atoms with Crippen LogP contribution in [0.15, 0.2) is 33.2 Å². The number of carbonyl (C=O) groups excluding carboxylic acids is 1.